The molecule has 3 N–H and O–H groups in total. The van der Waals surface area contributed by atoms with E-state index in [9.17, 15) is 0 Å². The van der Waals surface area contributed by atoms with E-state index < -0.39 is 0 Å². The van der Waals surface area contributed by atoms with Crippen molar-refractivity contribution in [3.8, 4) is 0 Å². The lowest BCUT2D eigenvalue weighted by Crippen LogP contribution is -2.42. The van der Waals surface area contributed by atoms with Crippen LogP contribution in [0.3, 0.4) is 0 Å². The summed E-state index contributed by atoms with van der Waals surface area (Å²) in [6.07, 6.45) is 0.901. The predicted molar refractivity (Wildman–Crippen MR) is 78.6 cm³/mol. The van der Waals surface area contributed by atoms with Crippen LogP contribution in [-0.2, 0) is 11.3 Å². The Bertz CT molecular complexity index is 367. The van der Waals surface area contributed by atoms with Gasteiger partial charge in [0.15, 0.2) is 0 Å². The van der Waals surface area contributed by atoms with Crippen molar-refractivity contribution in [3.63, 3.8) is 0 Å². The summed E-state index contributed by atoms with van der Waals surface area (Å²) in [4.78, 5) is 6.43. The Morgan fingerprint density at radius 3 is 2.74 bits per heavy atom. The van der Waals surface area contributed by atoms with Crippen LogP contribution in [0.15, 0.2) is 35.3 Å². The number of hydrogen-bond acceptors (Lipinski definition) is 3. The number of nitrogens with two attached hydrogens (primary N) is 1. The van der Waals surface area contributed by atoms with Crippen molar-refractivity contribution in [1.29, 1.82) is 0 Å². The zero-order valence-corrected chi connectivity index (χ0v) is 11.8. The molecule has 0 aliphatic carbocycles. The van der Waals surface area contributed by atoms with E-state index >= 15 is 0 Å². The highest BCUT2D eigenvalue weighted by Crippen LogP contribution is 2.02. The zero-order valence-electron chi connectivity index (χ0n) is 11.8. The third kappa shape index (κ3) is 6.22. The average molecular weight is 264 g/mol. The van der Waals surface area contributed by atoms with E-state index in [-0.39, 0.29) is 0 Å². The second-order valence-electron chi connectivity index (χ2n) is 4.24. The number of ether oxygens (including phenoxy) is 1. The van der Waals surface area contributed by atoms with Gasteiger partial charge in [0.25, 0.3) is 0 Å². The monoisotopic (exact) mass is 264 g/mol. The van der Waals surface area contributed by atoms with Gasteiger partial charge >= 0.3 is 0 Å². The molecule has 0 bridgehead atoms. The highest BCUT2D eigenvalue weighted by molar-refractivity contribution is 5.79. The minimum absolute atomic E-state index is 0.695. The molecular formula is C14H24N4O. The van der Waals surface area contributed by atoms with E-state index in [1.807, 2.05) is 37.1 Å². The Balaban J connectivity index is 2.42. The Hall–Kier alpha value is -1.59. The van der Waals surface area contributed by atoms with Crippen LogP contribution in [0.2, 0.25) is 0 Å². The first-order valence-corrected chi connectivity index (χ1v) is 6.61. The fraction of sp³-hybridized carbons (Fsp3) is 0.500. The number of benzene rings is 1. The van der Waals surface area contributed by atoms with Crippen molar-refractivity contribution < 1.29 is 4.74 Å². The lowest BCUT2D eigenvalue weighted by atomic mass is 10.2. The fourth-order valence-electron chi connectivity index (χ4n) is 1.70. The van der Waals surface area contributed by atoms with E-state index in [0.29, 0.717) is 12.5 Å². The van der Waals surface area contributed by atoms with Crippen LogP contribution in [0, 0.1) is 0 Å². The number of hydrazine groups is 1. The molecule has 0 aromatic heterocycles. The first-order valence-electron chi connectivity index (χ1n) is 6.61. The molecule has 0 aliphatic heterocycles. The topological polar surface area (TPSA) is 62.9 Å². The Labute approximate surface area is 115 Å². The second-order valence-corrected chi connectivity index (χ2v) is 4.24. The number of hydrogen-bond donors (Lipinski definition) is 2. The van der Waals surface area contributed by atoms with Gasteiger partial charge in [-0.2, -0.15) is 0 Å². The summed E-state index contributed by atoms with van der Waals surface area (Å²) >= 11 is 0. The Morgan fingerprint density at radius 2 is 2.11 bits per heavy atom. The van der Waals surface area contributed by atoms with Gasteiger partial charge in [0, 0.05) is 33.4 Å². The maximum atomic E-state index is 5.51. The molecule has 106 valence electrons. The highest BCUT2D eigenvalue weighted by atomic mass is 16.5. The van der Waals surface area contributed by atoms with Crippen molar-refractivity contribution >= 4 is 5.96 Å². The predicted octanol–water partition coefficient (Wildman–Crippen LogP) is 1.36. The van der Waals surface area contributed by atoms with Crippen molar-refractivity contribution in [3.05, 3.63) is 35.9 Å². The molecule has 19 heavy (non-hydrogen) atoms. The van der Waals surface area contributed by atoms with Crippen LogP contribution in [0.25, 0.3) is 0 Å². The summed E-state index contributed by atoms with van der Waals surface area (Å²) in [5.41, 5.74) is 3.87. The van der Waals surface area contributed by atoms with Crippen molar-refractivity contribution in [2.45, 2.75) is 19.9 Å². The molecular weight excluding hydrogens is 240 g/mol. The molecule has 0 amide bonds. The average Bonchev–Trinajstić information content (AvgIpc) is 2.44. The quantitative estimate of drug-likeness (QED) is 0.257. The fourth-order valence-corrected chi connectivity index (χ4v) is 1.70. The smallest absolute Gasteiger partial charge is 0.208 e. The van der Waals surface area contributed by atoms with Gasteiger partial charge in [-0.25, -0.2) is 5.84 Å². The molecule has 1 aromatic carbocycles. The van der Waals surface area contributed by atoms with Crippen LogP contribution in [0.4, 0.5) is 0 Å². The largest absolute Gasteiger partial charge is 0.382 e. The molecule has 1 aromatic rings. The SMILES string of the molecule is CCOCCCN=C(NN)N(C)Cc1ccccc1. The van der Waals surface area contributed by atoms with Crippen LogP contribution in [-0.4, -0.2) is 37.7 Å². The molecule has 0 unspecified atom stereocenters. The lowest BCUT2D eigenvalue weighted by molar-refractivity contribution is 0.146. The van der Waals surface area contributed by atoms with Gasteiger partial charge in [0.1, 0.15) is 0 Å². The summed E-state index contributed by atoms with van der Waals surface area (Å²) in [7, 11) is 1.97. The normalized spacial score (nSPS) is 11.4. The summed E-state index contributed by atoms with van der Waals surface area (Å²) in [6.45, 7) is 4.96. The third-order valence-electron chi connectivity index (χ3n) is 2.67. The molecule has 0 spiro atoms. The van der Waals surface area contributed by atoms with Crippen molar-refractivity contribution in [1.82, 2.24) is 10.3 Å². The van der Waals surface area contributed by atoms with Crippen LogP contribution < -0.4 is 11.3 Å². The summed E-state index contributed by atoms with van der Waals surface area (Å²) < 4.78 is 5.27. The minimum Gasteiger partial charge on any atom is -0.382 e. The van der Waals surface area contributed by atoms with Gasteiger partial charge in [-0.05, 0) is 18.9 Å². The molecule has 0 saturated carbocycles. The molecule has 0 heterocycles. The van der Waals surface area contributed by atoms with E-state index in [0.717, 1.165) is 26.2 Å². The van der Waals surface area contributed by atoms with E-state index in [2.05, 4.69) is 22.6 Å². The highest BCUT2D eigenvalue weighted by Gasteiger charge is 2.04. The molecule has 1 rings (SSSR count). The summed E-state index contributed by atoms with van der Waals surface area (Å²) in [5.74, 6) is 6.21. The molecule has 0 atom stereocenters. The molecule has 0 saturated heterocycles. The number of guanidine groups is 1. The number of rotatable bonds is 7. The molecule has 5 nitrogen and oxygen atoms in total. The van der Waals surface area contributed by atoms with Crippen LogP contribution in [0.5, 0.6) is 0 Å². The summed E-state index contributed by atoms with van der Waals surface area (Å²) in [5, 5.41) is 0. The van der Waals surface area contributed by atoms with Crippen molar-refractivity contribution in [2.75, 3.05) is 26.8 Å². The maximum Gasteiger partial charge on any atom is 0.208 e. The van der Waals surface area contributed by atoms with E-state index in [1.54, 1.807) is 0 Å². The molecule has 5 heteroatoms. The first-order chi connectivity index (χ1) is 9.27. The Kier molecular flexibility index (Phi) is 7.62. The van der Waals surface area contributed by atoms with Gasteiger partial charge in [0.2, 0.25) is 5.96 Å². The molecule has 0 aliphatic rings. The standard InChI is InChI=1S/C14H24N4O/c1-3-19-11-7-10-16-14(17-15)18(2)12-13-8-5-4-6-9-13/h4-6,8-9H,3,7,10-12,15H2,1-2H3,(H,16,17). The molecule has 0 radical (unpaired) electrons. The summed E-state index contributed by atoms with van der Waals surface area (Å²) in [6, 6.07) is 10.2. The minimum atomic E-state index is 0.695. The zero-order chi connectivity index (χ0) is 13.9. The van der Waals surface area contributed by atoms with Gasteiger partial charge < -0.3 is 9.64 Å². The first kappa shape index (κ1) is 15.5. The third-order valence-corrected chi connectivity index (χ3v) is 2.67. The lowest BCUT2D eigenvalue weighted by Gasteiger charge is -2.20. The second kappa shape index (κ2) is 9.35. The van der Waals surface area contributed by atoms with E-state index in [1.165, 1.54) is 5.56 Å². The number of nitrogens with zero attached hydrogens (tertiary/aromatic N) is 2. The van der Waals surface area contributed by atoms with Gasteiger partial charge in [-0.3, -0.25) is 10.4 Å². The van der Waals surface area contributed by atoms with Gasteiger partial charge in [0.05, 0.1) is 0 Å². The van der Waals surface area contributed by atoms with Crippen LogP contribution in [0.1, 0.15) is 18.9 Å². The van der Waals surface area contributed by atoms with Gasteiger partial charge in [-0.1, -0.05) is 30.3 Å². The Morgan fingerprint density at radius 1 is 1.37 bits per heavy atom. The van der Waals surface area contributed by atoms with E-state index in [4.69, 9.17) is 10.6 Å². The molecule has 0 fully saturated rings. The van der Waals surface area contributed by atoms with Gasteiger partial charge in [-0.15, -0.1) is 0 Å². The maximum absolute atomic E-state index is 5.51. The number of aliphatic imine (C=N–C) groups is 1. The number of nitrogens with one attached hydrogen (secondary N) is 1. The van der Waals surface area contributed by atoms with Crippen molar-refractivity contribution in [2.24, 2.45) is 10.8 Å². The van der Waals surface area contributed by atoms with Crippen LogP contribution >= 0.6 is 0 Å².